The first kappa shape index (κ1) is 30.9. The Bertz CT molecular complexity index is 462. The van der Waals surface area contributed by atoms with E-state index < -0.39 is 12.1 Å². The zero-order valence-electron chi connectivity index (χ0n) is 21.2. The lowest BCUT2D eigenvalue weighted by atomic mass is 10.1. The molecule has 0 saturated carbocycles. The molecule has 3 N–H and O–H groups in total. The standard InChI is InChI=1S/C28H53NO3/c1-3-5-7-9-11-12-13-14-15-16-18-20-22-24-28(32)29-26(25-30)27(31)23-21-19-17-10-8-6-4-2/h12-13,21,23,26-27,30-31H,3-11,14-20,22,24-25H2,1-2H3,(H,29,32)/b13-12-,23-21+. The molecule has 0 saturated heterocycles. The van der Waals surface area contributed by atoms with Crippen LogP contribution < -0.4 is 5.32 Å². The molecule has 0 aliphatic carbocycles. The van der Waals surface area contributed by atoms with Crippen LogP contribution in [0, 0.1) is 0 Å². The molecule has 0 heterocycles. The molecule has 0 aromatic carbocycles. The van der Waals surface area contributed by atoms with Gasteiger partial charge in [-0.2, -0.15) is 0 Å². The third-order valence-electron chi connectivity index (χ3n) is 5.93. The van der Waals surface area contributed by atoms with Crippen molar-refractivity contribution in [3.05, 3.63) is 24.3 Å². The number of carbonyl (C=O) groups excluding carboxylic acids is 1. The molecule has 0 aromatic rings. The first-order valence-electron chi connectivity index (χ1n) is 13.6. The highest BCUT2D eigenvalue weighted by Gasteiger charge is 2.17. The van der Waals surface area contributed by atoms with Gasteiger partial charge in [0.15, 0.2) is 0 Å². The molecule has 0 bridgehead atoms. The van der Waals surface area contributed by atoms with Crippen molar-refractivity contribution in [2.75, 3.05) is 6.61 Å². The lowest BCUT2D eigenvalue weighted by molar-refractivity contribution is -0.123. The monoisotopic (exact) mass is 451 g/mol. The molecule has 4 heteroatoms. The fraction of sp³-hybridized carbons (Fsp3) is 0.821. The second-order valence-corrected chi connectivity index (χ2v) is 9.11. The van der Waals surface area contributed by atoms with Gasteiger partial charge in [0.1, 0.15) is 0 Å². The van der Waals surface area contributed by atoms with Gasteiger partial charge in [-0.3, -0.25) is 4.79 Å². The number of allylic oxidation sites excluding steroid dienone is 3. The molecule has 1 amide bonds. The molecule has 32 heavy (non-hydrogen) atoms. The molecule has 2 atom stereocenters. The highest BCUT2D eigenvalue weighted by molar-refractivity contribution is 5.76. The van der Waals surface area contributed by atoms with Crippen LogP contribution in [-0.2, 0) is 4.79 Å². The number of nitrogens with one attached hydrogen (secondary N) is 1. The highest BCUT2D eigenvalue weighted by Crippen LogP contribution is 2.10. The van der Waals surface area contributed by atoms with Crippen molar-refractivity contribution in [1.29, 1.82) is 0 Å². The maximum atomic E-state index is 12.1. The topological polar surface area (TPSA) is 69.6 Å². The van der Waals surface area contributed by atoms with E-state index >= 15 is 0 Å². The first-order chi connectivity index (χ1) is 15.7. The van der Waals surface area contributed by atoms with Crippen LogP contribution in [0.15, 0.2) is 24.3 Å². The number of hydrogen-bond acceptors (Lipinski definition) is 3. The molecule has 188 valence electrons. The third kappa shape index (κ3) is 20.8. The van der Waals surface area contributed by atoms with E-state index in [0.29, 0.717) is 6.42 Å². The largest absolute Gasteiger partial charge is 0.394 e. The van der Waals surface area contributed by atoms with E-state index in [1.54, 1.807) is 6.08 Å². The van der Waals surface area contributed by atoms with Crippen molar-refractivity contribution < 1.29 is 15.0 Å². The summed E-state index contributed by atoms with van der Waals surface area (Å²) in [4.78, 5) is 12.1. The van der Waals surface area contributed by atoms with Crippen LogP contribution in [-0.4, -0.2) is 34.9 Å². The number of aliphatic hydroxyl groups excluding tert-OH is 2. The van der Waals surface area contributed by atoms with Gasteiger partial charge in [-0.25, -0.2) is 0 Å². The van der Waals surface area contributed by atoms with Crippen LogP contribution in [0.4, 0.5) is 0 Å². The molecule has 0 aromatic heterocycles. The summed E-state index contributed by atoms with van der Waals surface area (Å²) < 4.78 is 0. The molecule has 0 spiro atoms. The molecule has 0 radical (unpaired) electrons. The number of unbranched alkanes of at least 4 members (excludes halogenated alkanes) is 14. The van der Waals surface area contributed by atoms with E-state index in [1.165, 1.54) is 70.6 Å². The lowest BCUT2D eigenvalue weighted by Gasteiger charge is -2.20. The van der Waals surface area contributed by atoms with Crippen molar-refractivity contribution in [3.8, 4) is 0 Å². The maximum Gasteiger partial charge on any atom is 0.220 e. The predicted octanol–water partition coefficient (Wildman–Crippen LogP) is 7.00. The maximum absolute atomic E-state index is 12.1. The zero-order valence-corrected chi connectivity index (χ0v) is 21.2. The van der Waals surface area contributed by atoms with E-state index in [2.05, 4.69) is 31.3 Å². The first-order valence-corrected chi connectivity index (χ1v) is 13.6. The SMILES string of the molecule is CCCCCC/C=C\CCCCCCCC(=O)NC(CO)C(O)/C=C/CCCCCCC. The van der Waals surface area contributed by atoms with Crippen molar-refractivity contribution in [2.45, 2.75) is 142 Å². The summed E-state index contributed by atoms with van der Waals surface area (Å²) >= 11 is 0. The van der Waals surface area contributed by atoms with Crippen LogP contribution in [0.25, 0.3) is 0 Å². The predicted molar refractivity (Wildman–Crippen MR) is 138 cm³/mol. The van der Waals surface area contributed by atoms with Gasteiger partial charge in [-0.05, 0) is 44.9 Å². The van der Waals surface area contributed by atoms with Crippen LogP contribution in [0.3, 0.4) is 0 Å². The second-order valence-electron chi connectivity index (χ2n) is 9.11. The summed E-state index contributed by atoms with van der Waals surface area (Å²) in [5.74, 6) is -0.0814. The highest BCUT2D eigenvalue weighted by atomic mass is 16.3. The molecule has 0 aliphatic rings. The average Bonchev–Trinajstić information content (AvgIpc) is 2.79. The summed E-state index contributed by atoms with van der Waals surface area (Å²) in [6, 6.07) is -0.618. The second kappa shape index (κ2) is 24.5. The van der Waals surface area contributed by atoms with Crippen LogP contribution in [0.1, 0.15) is 129 Å². The van der Waals surface area contributed by atoms with Gasteiger partial charge >= 0.3 is 0 Å². The molecular weight excluding hydrogens is 398 g/mol. The molecule has 0 aliphatic heterocycles. The van der Waals surface area contributed by atoms with Gasteiger partial charge < -0.3 is 15.5 Å². The van der Waals surface area contributed by atoms with Gasteiger partial charge in [0.2, 0.25) is 5.91 Å². The fourth-order valence-electron chi connectivity index (χ4n) is 3.76. The van der Waals surface area contributed by atoms with Crippen LogP contribution in [0.5, 0.6) is 0 Å². The van der Waals surface area contributed by atoms with Crippen molar-refractivity contribution in [3.63, 3.8) is 0 Å². The van der Waals surface area contributed by atoms with Gasteiger partial charge in [0.25, 0.3) is 0 Å². The Morgan fingerprint density at radius 1 is 0.719 bits per heavy atom. The van der Waals surface area contributed by atoms with E-state index in [1.807, 2.05) is 6.08 Å². The molecule has 4 nitrogen and oxygen atoms in total. The number of aliphatic hydroxyl groups is 2. The normalized spacial score (nSPS) is 13.8. The van der Waals surface area contributed by atoms with E-state index in [9.17, 15) is 15.0 Å². The van der Waals surface area contributed by atoms with E-state index in [-0.39, 0.29) is 12.5 Å². The summed E-state index contributed by atoms with van der Waals surface area (Å²) in [6.45, 7) is 4.20. The summed E-state index contributed by atoms with van der Waals surface area (Å²) in [7, 11) is 0. The summed E-state index contributed by atoms with van der Waals surface area (Å²) in [5, 5.41) is 22.5. The Balaban J connectivity index is 3.71. The number of carbonyl (C=O) groups is 1. The van der Waals surface area contributed by atoms with E-state index in [4.69, 9.17) is 0 Å². The molecule has 2 unspecified atom stereocenters. The Morgan fingerprint density at radius 3 is 1.75 bits per heavy atom. The van der Waals surface area contributed by atoms with Gasteiger partial charge in [0, 0.05) is 6.42 Å². The fourth-order valence-corrected chi connectivity index (χ4v) is 3.76. The quantitative estimate of drug-likeness (QED) is 0.116. The molecular formula is C28H53NO3. The smallest absolute Gasteiger partial charge is 0.220 e. The Morgan fingerprint density at radius 2 is 1.19 bits per heavy atom. The zero-order chi connectivity index (χ0) is 23.7. The average molecular weight is 452 g/mol. The van der Waals surface area contributed by atoms with Crippen molar-refractivity contribution in [2.24, 2.45) is 0 Å². The van der Waals surface area contributed by atoms with Crippen LogP contribution in [0.2, 0.25) is 0 Å². The minimum atomic E-state index is -0.834. The number of hydrogen-bond donors (Lipinski definition) is 3. The summed E-state index contributed by atoms with van der Waals surface area (Å²) in [5.41, 5.74) is 0. The molecule has 0 fully saturated rings. The lowest BCUT2D eigenvalue weighted by Crippen LogP contribution is -2.45. The summed E-state index contributed by atoms with van der Waals surface area (Å²) in [6.07, 6.45) is 28.2. The Hall–Kier alpha value is -1.13. The number of amides is 1. The van der Waals surface area contributed by atoms with Crippen molar-refractivity contribution in [1.82, 2.24) is 5.32 Å². The minimum Gasteiger partial charge on any atom is -0.394 e. The van der Waals surface area contributed by atoms with E-state index in [0.717, 1.165) is 38.5 Å². The van der Waals surface area contributed by atoms with Gasteiger partial charge in [-0.15, -0.1) is 0 Å². The van der Waals surface area contributed by atoms with Gasteiger partial charge in [-0.1, -0.05) is 102 Å². The molecule has 0 rings (SSSR count). The number of rotatable bonds is 23. The third-order valence-corrected chi connectivity index (χ3v) is 5.93. The Kier molecular flexibility index (Phi) is 23.6. The van der Waals surface area contributed by atoms with Crippen molar-refractivity contribution >= 4 is 5.91 Å². The Labute approximate surface area is 199 Å². The minimum absolute atomic E-state index is 0.0814. The van der Waals surface area contributed by atoms with Gasteiger partial charge in [0.05, 0.1) is 18.8 Å². The van der Waals surface area contributed by atoms with Crippen LogP contribution >= 0.6 is 0 Å².